The molecule has 0 radical (unpaired) electrons. The summed E-state index contributed by atoms with van der Waals surface area (Å²) in [6.45, 7) is 1.97. The number of aryl methyl sites for hydroxylation is 1. The topological polar surface area (TPSA) is 38.9 Å². The van der Waals surface area contributed by atoms with Crippen LogP contribution in [-0.4, -0.2) is 4.98 Å². The van der Waals surface area contributed by atoms with Gasteiger partial charge in [-0.15, -0.1) is 11.3 Å². The molecule has 1 aromatic heterocycles. The monoisotopic (exact) mass is 222 g/mol. The zero-order valence-corrected chi connectivity index (χ0v) is 9.14. The van der Waals surface area contributed by atoms with Crippen LogP contribution < -0.4 is 5.73 Å². The molecule has 78 valence electrons. The molecule has 0 fully saturated rings. The first-order chi connectivity index (χ1) is 7.15. The summed E-state index contributed by atoms with van der Waals surface area (Å²) in [6.07, 6.45) is 2.43. The van der Waals surface area contributed by atoms with Crippen LogP contribution in [-0.2, 0) is 6.42 Å². The molecule has 0 bridgehead atoms. The Balaban J connectivity index is 2.27. The molecular weight excluding hydrogens is 211 g/mol. The van der Waals surface area contributed by atoms with Gasteiger partial charge in [0.05, 0.1) is 0 Å². The van der Waals surface area contributed by atoms with Gasteiger partial charge < -0.3 is 5.73 Å². The van der Waals surface area contributed by atoms with E-state index in [0.717, 1.165) is 16.0 Å². The van der Waals surface area contributed by atoms with E-state index in [2.05, 4.69) is 4.98 Å². The Hall–Kier alpha value is -1.42. The normalized spacial score (nSPS) is 10.5. The number of hydrogen-bond acceptors (Lipinski definition) is 3. The smallest absolute Gasteiger partial charge is 0.180 e. The maximum Gasteiger partial charge on any atom is 0.180 e. The number of nitrogens with two attached hydrogens (primary N) is 1. The highest BCUT2D eigenvalue weighted by atomic mass is 32.1. The molecule has 1 heterocycles. The molecule has 1 aromatic carbocycles. The van der Waals surface area contributed by atoms with Gasteiger partial charge in [-0.2, -0.15) is 0 Å². The molecule has 2 aromatic rings. The Morgan fingerprint density at radius 1 is 1.47 bits per heavy atom. The van der Waals surface area contributed by atoms with E-state index < -0.39 is 0 Å². The third-order valence-electron chi connectivity index (χ3n) is 2.25. The van der Waals surface area contributed by atoms with Gasteiger partial charge in [0.15, 0.2) is 5.13 Å². The van der Waals surface area contributed by atoms with Crippen molar-refractivity contribution in [1.82, 2.24) is 4.98 Å². The Morgan fingerprint density at radius 3 is 2.93 bits per heavy atom. The fraction of sp³-hybridized carbons (Fsp3) is 0.182. The second-order valence-electron chi connectivity index (χ2n) is 3.41. The van der Waals surface area contributed by atoms with Gasteiger partial charge in [0.25, 0.3) is 0 Å². The minimum Gasteiger partial charge on any atom is -0.375 e. The summed E-state index contributed by atoms with van der Waals surface area (Å²) >= 11 is 1.44. The van der Waals surface area contributed by atoms with Crippen molar-refractivity contribution in [3.63, 3.8) is 0 Å². The standard InChI is InChI=1S/C11H11FN2S/c1-7-2-3-9(12)4-8(7)5-10-6-14-11(13)15-10/h2-4,6H,5H2,1H3,(H2,13,14). The van der Waals surface area contributed by atoms with E-state index in [-0.39, 0.29) is 5.82 Å². The average molecular weight is 222 g/mol. The summed E-state index contributed by atoms with van der Waals surface area (Å²) in [5.74, 6) is -0.201. The molecule has 2 N–H and O–H groups in total. The summed E-state index contributed by atoms with van der Waals surface area (Å²) in [5, 5.41) is 0.555. The minimum atomic E-state index is -0.201. The van der Waals surface area contributed by atoms with Crippen molar-refractivity contribution in [3.8, 4) is 0 Å². The molecule has 0 saturated carbocycles. The number of benzene rings is 1. The van der Waals surface area contributed by atoms with E-state index in [4.69, 9.17) is 5.73 Å². The fourth-order valence-electron chi connectivity index (χ4n) is 1.42. The largest absolute Gasteiger partial charge is 0.375 e. The lowest BCUT2D eigenvalue weighted by atomic mass is 10.1. The number of anilines is 1. The molecule has 0 aliphatic rings. The predicted octanol–water partition coefficient (Wildman–Crippen LogP) is 2.76. The van der Waals surface area contributed by atoms with Crippen LogP contribution in [0.5, 0.6) is 0 Å². The van der Waals surface area contributed by atoms with Gasteiger partial charge in [0.1, 0.15) is 5.82 Å². The number of rotatable bonds is 2. The van der Waals surface area contributed by atoms with Gasteiger partial charge in [-0.05, 0) is 30.2 Å². The summed E-state index contributed by atoms with van der Waals surface area (Å²) in [5.41, 5.74) is 7.60. The average Bonchev–Trinajstić information content (AvgIpc) is 2.58. The molecule has 2 rings (SSSR count). The maximum atomic E-state index is 13.0. The van der Waals surface area contributed by atoms with Crippen molar-refractivity contribution >= 4 is 16.5 Å². The van der Waals surface area contributed by atoms with Crippen LogP contribution in [0, 0.1) is 12.7 Å². The third-order valence-corrected chi connectivity index (χ3v) is 3.07. The van der Waals surface area contributed by atoms with Crippen molar-refractivity contribution in [2.75, 3.05) is 5.73 Å². The maximum absolute atomic E-state index is 13.0. The van der Waals surface area contributed by atoms with Crippen LogP contribution in [0.4, 0.5) is 9.52 Å². The van der Waals surface area contributed by atoms with Crippen LogP contribution in [0.2, 0.25) is 0 Å². The van der Waals surface area contributed by atoms with E-state index in [1.165, 1.54) is 17.4 Å². The number of halogens is 1. The van der Waals surface area contributed by atoms with Gasteiger partial charge >= 0.3 is 0 Å². The second kappa shape index (κ2) is 3.98. The summed E-state index contributed by atoms with van der Waals surface area (Å²) in [7, 11) is 0. The van der Waals surface area contributed by atoms with Crippen molar-refractivity contribution in [2.45, 2.75) is 13.3 Å². The molecule has 0 aliphatic carbocycles. The van der Waals surface area contributed by atoms with E-state index in [0.29, 0.717) is 11.6 Å². The zero-order chi connectivity index (χ0) is 10.8. The van der Waals surface area contributed by atoms with Gasteiger partial charge in [0, 0.05) is 17.5 Å². The van der Waals surface area contributed by atoms with E-state index in [9.17, 15) is 4.39 Å². The first kappa shape index (κ1) is 10.1. The highest BCUT2D eigenvalue weighted by Gasteiger charge is 2.04. The number of aromatic nitrogens is 1. The Bertz CT molecular complexity index is 479. The molecule has 0 saturated heterocycles. The van der Waals surface area contributed by atoms with Crippen LogP contribution in [0.15, 0.2) is 24.4 Å². The molecular formula is C11H11FN2S. The third kappa shape index (κ3) is 2.33. The van der Waals surface area contributed by atoms with Crippen molar-refractivity contribution in [3.05, 3.63) is 46.2 Å². The molecule has 0 atom stereocenters. The number of hydrogen-bond donors (Lipinski definition) is 1. The SMILES string of the molecule is Cc1ccc(F)cc1Cc1cnc(N)s1. The lowest BCUT2D eigenvalue weighted by Crippen LogP contribution is -1.90. The quantitative estimate of drug-likeness (QED) is 0.848. The van der Waals surface area contributed by atoms with Crippen molar-refractivity contribution in [2.24, 2.45) is 0 Å². The lowest BCUT2D eigenvalue weighted by Gasteiger charge is -2.03. The van der Waals surface area contributed by atoms with Crippen molar-refractivity contribution in [1.29, 1.82) is 0 Å². The van der Waals surface area contributed by atoms with Crippen LogP contribution in [0.1, 0.15) is 16.0 Å². The lowest BCUT2D eigenvalue weighted by molar-refractivity contribution is 0.625. The summed E-state index contributed by atoms with van der Waals surface area (Å²) in [6, 6.07) is 4.82. The summed E-state index contributed by atoms with van der Waals surface area (Å²) in [4.78, 5) is 5.02. The molecule has 0 amide bonds. The Kier molecular flexibility index (Phi) is 2.68. The fourth-order valence-corrected chi connectivity index (χ4v) is 2.13. The van der Waals surface area contributed by atoms with Crippen LogP contribution in [0.3, 0.4) is 0 Å². The Morgan fingerprint density at radius 2 is 2.27 bits per heavy atom. The molecule has 4 heteroatoms. The zero-order valence-electron chi connectivity index (χ0n) is 8.33. The van der Waals surface area contributed by atoms with Crippen molar-refractivity contribution < 1.29 is 4.39 Å². The van der Waals surface area contributed by atoms with Gasteiger partial charge in [-0.3, -0.25) is 0 Å². The number of nitrogen functional groups attached to an aromatic ring is 1. The second-order valence-corrected chi connectivity index (χ2v) is 4.56. The molecule has 2 nitrogen and oxygen atoms in total. The molecule has 0 aliphatic heterocycles. The first-order valence-electron chi connectivity index (χ1n) is 4.60. The van der Waals surface area contributed by atoms with Gasteiger partial charge in [-0.25, -0.2) is 9.37 Å². The van der Waals surface area contributed by atoms with Crippen LogP contribution in [0.25, 0.3) is 0 Å². The number of thiazole rings is 1. The predicted molar refractivity (Wildman–Crippen MR) is 60.5 cm³/mol. The Labute approximate surface area is 91.6 Å². The van der Waals surface area contributed by atoms with E-state index in [1.54, 1.807) is 18.3 Å². The van der Waals surface area contributed by atoms with Crippen LogP contribution >= 0.6 is 11.3 Å². The highest BCUT2D eigenvalue weighted by molar-refractivity contribution is 7.15. The number of nitrogens with zero attached hydrogens (tertiary/aromatic N) is 1. The first-order valence-corrected chi connectivity index (χ1v) is 5.42. The highest BCUT2D eigenvalue weighted by Crippen LogP contribution is 2.20. The molecule has 0 unspecified atom stereocenters. The van der Waals surface area contributed by atoms with Gasteiger partial charge in [-0.1, -0.05) is 6.07 Å². The molecule has 0 spiro atoms. The van der Waals surface area contributed by atoms with E-state index in [1.807, 2.05) is 6.92 Å². The van der Waals surface area contributed by atoms with Gasteiger partial charge in [0.2, 0.25) is 0 Å². The summed E-state index contributed by atoms with van der Waals surface area (Å²) < 4.78 is 13.0. The minimum absolute atomic E-state index is 0.201. The molecule has 15 heavy (non-hydrogen) atoms. The van der Waals surface area contributed by atoms with E-state index >= 15 is 0 Å².